The van der Waals surface area contributed by atoms with Crippen LogP contribution in [0.1, 0.15) is 25.5 Å². The number of rotatable bonds is 9. The van der Waals surface area contributed by atoms with E-state index >= 15 is 0 Å². The smallest absolute Gasteiger partial charge is 0.162 e. The van der Waals surface area contributed by atoms with Gasteiger partial charge in [0.05, 0.1) is 5.69 Å². The Morgan fingerprint density at radius 2 is 2.10 bits per heavy atom. The van der Waals surface area contributed by atoms with E-state index < -0.39 is 6.10 Å². The molecule has 156 valence electrons. The van der Waals surface area contributed by atoms with Gasteiger partial charge >= 0.3 is 0 Å². The summed E-state index contributed by atoms with van der Waals surface area (Å²) in [5.74, 6) is 2.07. The molecule has 1 aromatic carbocycles. The summed E-state index contributed by atoms with van der Waals surface area (Å²) >= 11 is 0. The lowest BCUT2D eigenvalue weighted by atomic mass is 10.1. The first-order valence-electron chi connectivity index (χ1n) is 10.0. The van der Waals surface area contributed by atoms with Gasteiger partial charge in [0.15, 0.2) is 5.82 Å². The van der Waals surface area contributed by atoms with Crippen molar-refractivity contribution in [1.29, 1.82) is 0 Å². The quantitative estimate of drug-likeness (QED) is 0.598. The normalized spacial score (nSPS) is 15.7. The molecule has 0 bridgehead atoms. The molecule has 1 saturated heterocycles. The molecule has 1 aliphatic heterocycles. The molecule has 0 amide bonds. The monoisotopic (exact) mass is 398 g/mol. The van der Waals surface area contributed by atoms with E-state index in [0.717, 1.165) is 48.7 Å². The lowest BCUT2D eigenvalue weighted by Gasteiger charge is -2.24. The van der Waals surface area contributed by atoms with Crippen molar-refractivity contribution in [3.05, 3.63) is 42.6 Å². The van der Waals surface area contributed by atoms with E-state index in [2.05, 4.69) is 22.2 Å². The first-order valence-corrected chi connectivity index (χ1v) is 10.0. The maximum absolute atomic E-state index is 9.85. The molecular weight excluding hydrogens is 368 g/mol. The van der Waals surface area contributed by atoms with Gasteiger partial charge in [-0.1, -0.05) is 18.7 Å². The Hall–Kier alpha value is -2.48. The average molecular weight is 399 g/mol. The molecule has 0 saturated carbocycles. The van der Waals surface area contributed by atoms with E-state index in [0.29, 0.717) is 24.2 Å². The molecule has 3 N–H and O–H groups in total. The van der Waals surface area contributed by atoms with Gasteiger partial charge in [0, 0.05) is 37.4 Å². The Labute approximate surface area is 172 Å². The fourth-order valence-electron chi connectivity index (χ4n) is 3.13. The highest BCUT2D eigenvalue weighted by Crippen LogP contribution is 2.25. The molecule has 7 heteroatoms. The van der Waals surface area contributed by atoms with Gasteiger partial charge in [-0.05, 0) is 44.5 Å². The number of hydrogen-bond acceptors (Lipinski definition) is 7. The summed E-state index contributed by atoms with van der Waals surface area (Å²) < 4.78 is 11.2. The highest BCUT2D eigenvalue weighted by Gasteiger charge is 2.16. The van der Waals surface area contributed by atoms with Gasteiger partial charge < -0.3 is 25.2 Å². The summed E-state index contributed by atoms with van der Waals surface area (Å²) in [5.41, 5.74) is 2.54. The van der Waals surface area contributed by atoms with Crippen LogP contribution in [0.15, 0.2) is 36.9 Å². The molecule has 1 aromatic heterocycles. The van der Waals surface area contributed by atoms with Crippen LogP contribution in [0.2, 0.25) is 0 Å². The molecule has 1 atom stereocenters. The number of aliphatic hydroxyl groups is 1. The maximum Gasteiger partial charge on any atom is 0.162 e. The number of benzene rings is 1. The van der Waals surface area contributed by atoms with Gasteiger partial charge in [0.25, 0.3) is 0 Å². The summed E-state index contributed by atoms with van der Waals surface area (Å²) in [6.45, 7) is 8.20. The second-order valence-electron chi connectivity index (χ2n) is 7.32. The Balaban J connectivity index is 1.81. The molecule has 7 nitrogen and oxygen atoms in total. The fourth-order valence-corrected chi connectivity index (χ4v) is 3.13. The molecule has 0 spiro atoms. The fraction of sp³-hybridized carbons (Fsp3) is 0.455. The van der Waals surface area contributed by atoms with Gasteiger partial charge in [0.1, 0.15) is 24.3 Å². The first-order chi connectivity index (χ1) is 14.0. The Bertz CT molecular complexity index is 821. The van der Waals surface area contributed by atoms with Crippen molar-refractivity contribution in [3.8, 4) is 17.1 Å². The van der Waals surface area contributed by atoms with Crippen molar-refractivity contribution in [1.82, 2.24) is 15.3 Å². The first kappa shape index (κ1) is 21.2. The van der Waals surface area contributed by atoms with Crippen LogP contribution in [0.25, 0.3) is 17.0 Å². The standard InChI is InChI=1S/C22H30N4O3/c1-15(2)20-12-21(24-17-7-9-28-10-8-17)26-22(25-20)16-5-4-6-19(11-16)29-14-18(27)13-23-3/h4-6,11-12,17-18,23,27H,1,7-10,13-14H2,2-3H3,(H,24,25,26). The molecule has 1 aliphatic rings. The SMILES string of the molecule is C=C(C)c1cc(NC2CCOCC2)nc(-c2cccc(OCC(O)CNC)c2)n1. The molecule has 2 heterocycles. The summed E-state index contributed by atoms with van der Waals surface area (Å²) in [6.07, 6.45) is 1.35. The highest BCUT2D eigenvalue weighted by atomic mass is 16.5. The third-order valence-corrected chi connectivity index (χ3v) is 4.71. The Kier molecular flexibility index (Phi) is 7.57. The van der Waals surface area contributed by atoms with Crippen LogP contribution >= 0.6 is 0 Å². The third-order valence-electron chi connectivity index (χ3n) is 4.71. The number of ether oxygens (including phenoxy) is 2. The largest absolute Gasteiger partial charge is 0.491 e. The highest BCUT2D eigenvalue weighted by molar-refractivity contribution is 5.66. The minimum atomic E-state index is -0.568. The molecular formula is C22H30N4O3. The molecule has 2 aromatic rings. The molecule has 29 heavy (non-hydrogen) atoms. The topological polar surface area (TPSA) is 88.5 Å². The van der Waals surface area contributed by atoms with Crippen LogP contribution in [0.3, 0.4) is 0 Å². The Morgan fingerprint density at radius 1 is 1.31 bits per heavy atom. The van der Waals surface area contributed by atoms with Gasteiger partial charge in [-0.3, -0.25) is 0 Å². The number of anilines is 1. The van der Waals surface area contributed by atoms with E-state index in [9.17, 15) is 5.11 Å². The lowest BCUT2D eigenvalue weighted by molar-refractivity contribution is 0.0904. The molecule has 3 rings (SSSR count). The number of likely N-dealkylation sites (N-methyl/N-ethyl adjacent to an activating group) is 1. The van der Waals surface area contributed by atoms with Gasteiger partial charge in [-0.25, -0.2) is 9.97 Å². The minimum Gasteiger partial charge on any atom is -0.491 e. The minimum absolute atomic E-state index is 0.216. The Morgan fingerprint density at radius 3 is 2.83 bits per heavy atom. The second kappa shape index (κ2) is 10.3. The van der Waals surface area contributed by atoms with Crippen molar-refractivity contribution < 1.29 is 14.6 Å². The van der Waals surface area contributed by atoms with Crippen LogP contribution in [0.5, 0.6) is 5.75 Å². The maximum atomic E-state index is 9.85. The van der Waals surface area contributed by atoms with Gasteiger partial charge in [0.2, 0.25) is 0 Å². The number of hydrogen-bond donors (Lipinski definition) is 3. The number of nitrogens with zero attached hydrogens (tertiary/aromatic N) is 2. The zero-order valence-electron chi connectivity index (χ0n) is 17.1. The summed E-state index contributed by atoms with van der Waals surface area (Å²) in [7, 11) is 1.79. The van der Waals surface area contributed by atoms with Crippen molar-refractivity contribution in [2.45, 2.75) is 31.9 Å². The number of aliphatic hydroxyl groups excluding tert-OH is 1. The van der Waals surface area contributed by atoms with E-state index in [1.54, 1.807) is 7.05 Å². The molecule has 0 radical (unpaired) electrons. The van der Waals surface area contributed by atoms with Crippen LogP contribution in [0, 0.1) is 0 Å². The number of aromatic nitrogens is 2. The summed E-state index contributed by atoms with van der Waals surface area (Å²) in [4.78, 5) is 9.40. The molecule has 1 fully saturated rings. The van der Waals surface area contributed by atoms with Gasteiger partial charge in [-0.15, -0.1) is 0 Å². The lowest BCUT2D eigenvalue weighted by Crippen LogP contribution is -2.29. The van der Waals surface area contributed by atoms with Crippen LogP contribution < -0.4 is 15.4 Å². The zero-order chi connectivity index (χ0) is 20.6. The average Bonchev–Trinajstić information content (AvgIpc) is 2.73. The summed E-state index contributed by atoms with van der Waals surface area (Å²) in [6, 6.07) is 9.88. The molecule has 1 unspecified atom stereocenters. The second-order valence-corrected chi connectivity index (χ2v) is 7.32. The van der Waals surface area contributed by atoms with Crippen molar-refractivity contribution in [3.63, 3.8) is 0 Å². The van der Waals surface area contributed by atoms with Crippen molar-refractivity contribution in [2.75, 3.05) is 38.7 Å². The van der Waals surface area contributed by atoms with E-state index in [-0.39, 0.29) is 6.61 Å². The van der Waals surface area contributed by atoms with Gasteiger partial charge in [-0.2, -0.15) is 0 Å². The number of allylic oxidation sites excluding steroid dienone is 1. The van der Waals surface area contributed by atoms with E-state index in [1.807, 2.05) is 37.3 Å². The van der Waals surface area contributed by atoms with Crippen molar-refractivity contribution in [2.24, 2.45) is 0 Å². The molecule has 0 aliphatic carbocycles. The number of nitrogens with one attached hydrogen (secondary N) is 2. The van der Waals surface area contributed by atoms with E-state index in [1.165, 1.54) is 0 Å². The van der Waals surface area contributed by atoms with Crippen molar-refractivity contribution >= 4 is 11.4 Å². The predicted molar refractivity (Wildman–Crippen MR) is 115 cm³/mol. The van der Waals surface area contributed by atoms with E-state index in [4.69, 9.17) is 14.5 Å². The summed E-state index contributed by atoms with van der Waals surface area (Å²) in [5, 5.41) is 16.3. The predicted octanol–water partition coefficient (Wildman–Crippen LogP) is 2.73. The van der Waals surface area contributed by atoms with Crippen LogP contribution in [0.4, 0.5) is 5.82 Å². The van der Waals surface area contributed by atoms with Crippen LogP contribution in [-0.4, -0.2) is 60.6 Å². The third kappa shape index (κ3) is 6.25. The van der Waals surface area contributed by atoms with Crippen LogP contribution in [-0.2, 0) is 4.74 Å². The zero-order valence-corrected chi connectivity index (χ0v) is 17.1.